The van der Waals surface area contributed by atoms with Gasteiger partial charge in [0.1, 0.15) is 5.82 Å². The molecule has 6 heteroatoms. The van der Waals surface area contributed by atoms with Gasteiger partial charge in [-0.2, -0.15) is 4.52 Å². The van der Waals surface area contributed by atoms with E-state index < -0.39 is 0 Å². The molecule has 4 rings (SSSR count). The van der Waals surface area contributed by atoms with E-state index >= 15 is 0 Å². The molecule has 0 bridgehead atoms. The van der Waals surface area contributed by atoms with Gasteiger partial charge in [-0.15, -0.1) is 5.10 Å². The van der Waals surface area contributed by atoms with Crippen molar-refractivity contribution < 1.29 is 5.11 Å². The maximum absolute atomic E-state index is 10.9. The lowest BCUT2D eigenvalue weighted by Gasteiger charge is -2.37. The van der Waals surface area contributed by atoms with Gasteiger partial charge in [0, 0.05) is 6.54 Å². The first kappa shape index (κ1) is 18.4. The first-order valence-corrected chi connectivity index (χ1v) is 10.6. The van der Waals surface area contributed by atoms with E-state index in [1.54, 1.807) is 15.9 Å². The largest absolute Gasteiger partial charge is 0.492 e. The first-order chi connectivity index (χ1) is 12.9. The summed E-state index contributed by atoms with van der Waals surface area (Å²) in [6.45, 7) is 10.7. The number of piperidine rings is 1. The van der Waals surface area contributed by atoms with Crippen molar-refractivity contribution in [3.05, 3.63) is 46.1 Å². The topological polar surface area (TPSA) is 53.7 Å². The summed E-state index contributed by atoms with van der Waals surface area (Å²) in [5.74, 6) is 2.10. The Morgan fingerprint density at radius 2 is 1.89 bits per heavy atom. The van der Waals surface area contributed by atoms with Crippen molar-refractivity contribution in [1.82, 2.24) is 19.5 Å². The minimum absolute atomic E-state index is 0.0442. The lowest BCUT2D eigenvalue weighted by molar-refractivity contribution is 0.149. The van der Waals surface area contributed by atoms with E-state index in [2.05, 4.69) is 60.0 Å². The Kier molecular flexibility index (Phi) is 4.95. The average Bonchev–Trinajstić information content (AvgIpc) is 3.14. The summed E-state index contributed by atoms with van der Waals surface area (Å²) in [4.78, 5) is 8.67. The number of fused-ring (bicyclic) bond motifs is 1. The summed E-state index contributed by atoms with van der Waals surface area (Å²) in [5, 5.41) is 15.3. The second kappa shape index (κ2) is 7.24. The molecule has 0 aliphatic carbocycles. The number of benzene rings is 1. The molecule has 3 aromatic rings. The highest BCUT2D eigenvalue weighted by Gasteiger charge is 2.31. The van der Waals surface area contributed by atoms with Crippen LogP contribution in [0.25, 0.3) is 4.96 Å². The van der Waals surface area contributed by atoms with Crippen LogP contribution in [-0.4, -0.2) is 37.7 Å². The van der Waals surface area contributed by atoms with E-state index in [1.165, 1.54) is 24.0 Å². The molecule has 0 amide bonds. The molecule has 0 saturated carbocycles. The number of thiazole rings is 1. The average molecular weight is 385 g/mol. The molecule has 0 unspecified atom stereocenters. The van der Waals surface area contributed by atoms with E-state index in [1.807, 2.05) is 6.92 Å². The minimum atomic E-state index is 0.0442. The van der Waals surface area contributed by atoms with E-state index in [0.29, 0.717) is 17.7 Å². The molecule has 2 aromatic heterocycles. The Bertz CT molecular complexity index is 928. The predicted molar refractivity (Wildman–Crippen MR) is 110 cm³/mol. The number of aromatic hydroxyl groups is 1. The molecule has 2 atom stereocenters. The molecule has 0 spiro atoms. The maximum atomic E-state index is 10.9. The highest BCUT2D eigenvalue weighted by atomic mass is 32.1. The maximum Gasteiger partial charge on any atom is 0.230 e. The highest BCUT2D eigenvalue weighted by molar-refractivity contribution is 7.17. The smallest absolute Gasteiger partial charge is 0.230 e. The molecule has 1 aliphatic rings. The third-order valence-corrected chi connectivity index (χ3v) is 6.60. The van der Waals surface area contributed by atoms with Crippen molar-refractivity contribution in [3.8, 4) is 5.88 Å². The fourth-order valence-corrected chi connectivity index (χ4v) is 5.24. The normalized spacial score (nSPS) is 19.8. The van der Waals surface area contributed by atoms with Crippen molar-refractivity contribution in [3.63, 3.8) is 0 Å². The molecule has 27 heavy (non-hydrogen) atoms. The number of rotatable bonds is 4. The van der Waals surface area contributed by atoms with Crippen LogP contribution in [0.5, 0.6) is 5.88 Å². The number of aromatic nitrogens is 3. The quantitative estimate of drug-likeness (QED) is 0.705. The fourth-order valence-electron chi connectivity index (χ4n) is 4.08. The Morgan fingerprint density at radius 3 is 2.52 bits per heavy atom. The molecule has 144 valence electrons. The van der Waals surface area contributed by atoms with Crippen molar-refractivity contribution in [1.29, 1.82) is 0 Å². The second-order valence-corrected chi connectivity index (χ2v) is 9.12. The van der Waals surface area contributed by atoms with Gasteiger partial charge >= 0.3 is 0 Å². The number of aryl methyl sites for hydroxylation is 1. The van der Waals surface area contributed by atoms with Gasteiger partial charge in [-0.1, -0.05) is 56.4 Å². The van der Waals surface area contributed by atoms with Crippen LogP contribution in [0.4, 0.5) is 0 Å². The predicted octanol–water partition coefficient (Wildman–Crippen LogP) is 4.75. The third-order valence-electron chi connectivity index (χ3n) is 5.53. The third kappa shape index (κ3) is 3.48. The zero-order valence-electron chi connectivity index (χ0n) is 16.5. The zero-order valence-corrected chi connectivity index (χ0v) is 17.3. The number of likely N-dealkylation sites (tertiary alicyclic amines) is 1. The number of nitrogens with zero attached hydrogens (tertiary/aromatic N) is 4. The molecule has 1 aromatic carbocycles. The highest BCUT2D eigenvalue weighted by Crippen LogP contribution is 2.41. The van der Waals surface area contributed by atoms with Crippen molar-refractivity contribution in [2.45, 2.75) is 52.5 Å². The standard InChI is InChI=1S/C21H28N4OS/c1-13(2)16-7-9-17(10-8-16)18(24-11-5-6-14(3)12-24)19-20(26)25-21(27-19)22-15(4)23-25/h7-10,13-14,18,26H,5-6,11-12H2,1-4H3/t14-,18-/m0/s1. The van der Waals surface area contributed by atoms with E-state index in [0.717, 1.165) is 22.9 Å². The fraction of sp³-hybridized carbons (Fsp3) is 0.524. The van der Waals surface area contributed by atoms with Gasteiger partial charge in [-0.05, 0) is 49.3 Å². The molecule has 1 N–H and O–H groups in total. The van der Waals surface area contributed by atoms with Crippen LogP contribution in [0.2, 0.25) is 0 Å². The Labute approximate surface area is 164 Å². The van der Waals surface area contributed by atoms with Gasteiger partial charge < -0.3 is 5.11 Å². The van der Waals surface area contributed by atoms with Gasteiger partial charge in [0.25, 0.3) is 0 Å². The van der Waals surface area contributed by atoms with Crippen LogP contribution in [0.1, 0.15) is 67.4 Å². The van der Waals surface area contributed by atoms with E-state index in [-0.39, 0.29) is 11.9 Å². The second-order valence-electron chi connectivity index (χ2n) is 8.11. The van der Waals surface area contributed by atoms with Gasteiger partial charge in [-0.3, -0.25) is 4.90 Å². The summed E-state index contributed by atoms with van der Waals surface area (Å²) >= 11 is 1.55. The Hall–Kier alpha value is -1.92. The van der Waals surface area contributed by atoms with E-state index in [9.17, 15) is 5.11 Å². The van der Waals surface area contributed by atoms with Gasteiger partial charge in [0.2, 0.25) is 10.8 Å². The Morgan fingerprint density at radius 1 is 1.19 bits per heavy atom. The summed E-state index contributed by atoms with van der Waals surface area (Å²) in [6, 6.07) is 8.93. The molecule has 1 aliphatic heterocycles. The zero-order chi connectivity index (χ0) is 19.1. The van der Waals surface area contributed by atoms with Crippen LogP contribution in [0.3, 0.4) is 0 Å². The lowest BCUT2D eigenvalue weighted by Crippen LogP contribution is -2.37. The lowest BCUT2D eigenvalue weighted by atomic mass is 9.94. The summed E-state index contributed by atoms with van der Waals surface area (Å²) in [6.07, 6.45) is 2.47. The molecule has 1 fully saturated rings. The summed E-state index contributed by atoms with van der Waals surface area (Å²) < 4.78 is 1.58. The molecule has 3 heterocycles. The van der Waals surface area contributed by atoms with Gasteiger partial charge in [0.15, 0.2) is 0 Å². The van der Waals surface area contributed by atoms with Crippen LogP contribution in [0, 0.1) is 12.8 Å². The van der Waals surface area contributed by atoms with Crippen LogP contribution in [-0.2, 0) is 0 Å². The van der Waals surface area contributed by atoms with Gasteiger partial charge in [-0.25, -0.2) is 4.98 Å². The van der Waals surface area contributed by atoms with Crippen molar-refractivity contribution in [2.75, 3.05) is 13.1 Å². The molecule has 5 nitrogen and oxygen atoms in total. The van der Waals surface area contributed by atoms with Crippen LogP contribution in [0.15, 0.2) is 24.3 Å². The van der Waals surface area contributed by atoms with Gasteiger partial charge in [0.05, 0.1) is 10.9 Å². The van der Waals surface area contributed by atoms with E-state index in [4.69, 9.17) is 0 Å². The summed E-state index contributed by atoms with van der Waals surface area (Å²) in [5.41, 5.74) is 2.57. The monoisotopic (exact) mass is 384 g/mol. The van der Waals surface area contributed by atoms with Crippen molar-refractivity contribution in [2.24, 2.45) is 5.92 Å². The molecular weight excluding hydrogens is 356 g/mol. The first-order valence-electron chi connectivity index (χ1n) is 9.83. The van der Waals surface area contributed by atoms with Crippen molar-refractivity contribution >= 4 is 16.3 Å². The SMILES string of the molecule is Cc1nc2sc([C@H](c3ccc(C(C)C)cc3)N3CCC[C@H](C)C3)c(O)n2n1. The van der Waals surface area contributed by atoms with Crippen LogP contribution < -0.4 is 0 Å². The molecular formula is C21H28N4OS. The van der Waals surface area contributed by atoms with Crippen LogP contribution >= 0.6 is 11.3 Å². The molecule has 0 radical (unpaired) electrons. The molecule has 1 saturated heterocycles. The number of hydrogen-bond acceptors (Lipinski definition) is 5. The number of hydrogen-bond donors (Lipinski definition) is 1. The Balaban J connectivity index is 1.79. The minimum Gasteiger partial charge on any atom is -0.492 e. The summed E-state index contributed by atoms with van der Waals surface area (Å²) in [7, 11) is 0.